The number of amides is 1. The summed E-state index contributed by atoms with van der Waals surface area (Å²) in [6.07, 6.45) is 1.74. The number of nitrogens with one attached hydrogen (secondary N) is 3. The second-order valence-corrected chi connectivity index (χ2v) is 4.18. The number of hydrogen-bond acceptors (Lipinski definition) is 2. The first kappa shape index (κ1) is 15.3. The van der Waals surface area contributed by atoms with Gasteiger partial charge in [0.2, 0.25) is 0 Å². The number of nitrogens with zero attached hydrogens (tertiary/aromatic N) is 1. The van der Waals surface area contributed by atoms with Crippen LogP contribution in [0.1, 0.15) is 23.3 Å². The summed E-state index contributed by atoms with van der Waals surface area (Å²) in [6.45, 7) is 2.32. The van der Waals surface area contributed by atoms with Crippen molar-refractivity contribution in [3.63, 3.8) is 0 Å². The number of hydrogen-bond donors (Lipinski definition) is 3. The number of carbonyl (C=O) groups excluding carboxylic acids is 1. The van der Waals surface area contributed by atoms with Crippen molar-refractivity contribution in [3.8, 4) is 0 Å². The number of imidazole rings is 1. The summed E-state index contributed by atoms with van der Waals surface area (Å²) >= 11 is 4.90. The number of rotatable bonds is 3. The third kappa shape index (κ3) is 3.40. The predicted molar refractivity (Wildman–Crippen MR) is 68.2 cm³/mol. The van der Waals surface area contributed by atoms with Gasteiger partial charge in [-0.15, -0.1) is 0 Å². The molecule has 95 valence electrons. The van der Waals surface area contributed by atoms with Crippen LogP contribution >= 0.6 is 12.2 Å². The molecule has 1 radical (unpaired) electrons. The Balaban J connectivity index is 0.00000162. The van der Waals surface area contributed by atoms with Crippen molar-refractivity contribution in [1.82, 2.24) is 19.9 Å². The number of aromatic nitrogens is 3. The summed E-state index contributed by atoms with van der Waals surface area (Å²) in [5, 5.41) is 2.81. The van der Waals surface area contributed by atoms with E-state index < -0.39 is 0 Å². The van der Waals surface area contributed by atoms with E-state index in [4.69, 9.17) is 12.2 Å². The van der Waals surface area contributed by atoms with Gasteiger partial charge in [-0.1, -0.05) is 5.69 Å². The largest absolute Gasteiger partial charge is 0.437 e. The second kappa shape index (κ2) is 6.45. The van der Waals surface area contributed by atoms with Gasteiger partial charge >= 0.3 is 0 Å². The maximum Gasteiger partial charge on any atom is 0.185 e. The molecule has 0 aliphatic rings. The van der Waals surface area contributed by atoms with Crippen molar-refractivity contribution < 1.29 is 38.9 Å². The Morgan fingerprint density at radius 1 is 1.67 bits per heavy atom. The minimum Gasteiger partial charge on any atom is -0.437 e. The molecule has 7 heteroatoms. The molecule has 0 saturated carbocycles. The van der Waals surface area contributed by atoms with E-state index >= 15 is 0 Å². The predicted octanol–water partition coefficient (Wildman–Crippen LogP) is 1.69. The SMILES string of the molecule is Cc1[c-]cc(C(=O)NCc2c[nH]c(=S)[nH]2)n1C.[HH].[Y]. The molecule has 2 aromatic heterocycles. The van der Waals surface area contributed by atoms with Gasteiger partial charge in [-0.05, 0) is 31.9 Å². The number of H-pyrrole nitrogens is 2. The Morgan fingerprint density at radius 3 is 2.89 bits per heavy atom. The molecule has 5 nitrogen and oxygen atoms in total. The van der Waals surface area contributed by atoms with E-state index in [0.717, 1.165) is 11.4 Å². The zero-order valence-corrected chi connectivity index (χ0v) is 13.9. The van der Waals surface area contributed by atoms with Crippen molar-refractivity contribution in [2.45, 2.75) is 13.5 Å². The zero-order valence-electron chi connectivity index (χ0n) is 10.2. The Morgan fingerprint density at radius 2 is 2.39 bits per heavy atom. The first-order valence-corrected chi connectivity index (χ1v) is 5.57. The molecule has 2 aromatic rings. The van der Waals surface area contributed by atoms with E-state index in [-0.39, 0.29) is 40.0 Å². The first-order chi connectivity index (χ1) is 8.08. The van der Waals surface area contributed by atoms with Crippen LogP contribution in [0, 0.1) is 17.8 Å². The molecule has 1 amide bonds. The molecule has 0 atom stereocenters. The molecule has 0 aliphatic carbocycles. The second-order valence-electron chi connectivity index (χ2n) is 3.77. The summed E-state index contributed by atoms with van der Waals surface area (Å²) in [5.41, 5.74) is 2.37. The summed E-state index contributed by atoms with van der Waals surface area (Å²) in [5.74, 6) is -0.127. The van der Waals surface area contributed by atoms with E-state index in [1.54, 1.807) is 16.8 Å². The van der Waals surface area contributed by atoms with Gasteiger partial charge in [-0.25, -0.2) is 12.1 Å². The van der Waals surface area contributed by atoms with Crippen molar-refractivity contribution in [2.24, 2.45) is 7.05 Å². The van der Waals surface area contributed by atoms with E-state index in [0.29, 0.717) is 17.0 Å². The minimum atomic E-state index is -0.127. The van der Waals surface area contributed by atoms with Crippen LogP contribution in [0.4, 0.5) is 0 Å². The van der Waals surface area contributed by atoms with Crippen LogP contribution in [-0.2, 0) is 46.3 Å². The Kier molecular flexibility index (Phi) is 5.50. The number of carbonyl (C=O) groups is 1. The first-order valence-electron chi connectivity index (χ1n) is 5.16. The van der Waals surface area contributed by atoms with Crippen molar-refractivity contribution >= 4 is 18.1 Å². The third-order valence-corrected chi connectivity index (χ3v) is 2.83. The minimum absolute atomic E-state index is 0. The van der Waals surface area contributed by atoms with Crippen molar-refractivity contribution in [3.05, 3.63) is 40.2 Å². The fraction of sp³-hybridized carbons (Fsp3) is 0.273. The molecule has 2 heterocycles. The molecular weight excluding hydrogens is 325 g/mol. The Labute approximate surface area is 137 Å². The summed E-state index contributed by atoms with van der Waals surface area (Å²) in [7, 11) is 1.84. The van der Waals surface area contributed by atoms with E-state index in [1.807, 2.05) is 14.0 Å². The average molecular weight is 340 g/mol. The van der Waals surface area contributed by atoms with Gasteiger partial charge in [0, 0.05) is 40.3 Å². The summed E-state index contributed by atoms with van der Waals surface area (Å²) < 4.78 is 2.35. The molecule has 0 aromatic carbocycles. The number of aromatic amines is 2. The molecule has 2 rings (SSSR count). The van der Waals surface area contributed by atoms with Gasteiger partial charge in [0.1, 0.15) is 0 Å². The zero-order chi connectivity index (χ0) is 12.4. The Bertz CT molecular complexity index is 604. The van der Waals surface area contributed by atoms with Crippen LogP contribution in [0.25, 0.3) is 0 Å². The molecular formula is C11H15N4OSY-. The number of aryl methyl sites for hydroxylation is 1. The van der Waals surface area contributed by atoms with Crippen LogP contribution < -0.4 is 5.32 Å². The molecule has 0 bridgehead atoms. The van der Waals surface area contributed by atoms with Crippen LogP contribution in [-0.4, -0.2) is 20.4 Å². The van der Waals surface area contributed by atoms with Crippen LogP contribution in [0.2, 0.25) is 0 Å². The van der Waals surface area contributed by atoms with Gasteiger partial charge in [-0.3, -0.25) is 4.79 Å². The van der Waals surface area contributed by atoms with Gasteiger partial charge in [-0.2, -0.15) is 0 Å². The van der Waals surface area contributed by atoms with Crippen LogP contribution in [0.15, 0.2) is 12.3 Å². The average Bonchev–Trinajstić information content (AvgIpc) is 2.84. The molecule has 0 fully saturated rings. The summed E-state index contributed by atoms with van der Waals surface area (Å²) in [6, 6.07) is 4.68. The monoisotopic (exact) mass is 340 g/mol. The summed E-state index contributed by atoms with van der Waals surface area (Å²) in [4.78, 5) is 17.6. The van der Waals surface area contributed by atoms with E-state index in [2.05, 4.69) is 21.4 Å². The molecule has 0 aliphatic heterocycles. The van der Waals surface area contributed by atoms with Crippen LogP contribution in [0.3, 0.4) is 0 Å². The molecule has 0 spiro atoms. The molecule has 0 unspecified atom stereocenters. The fourth-order valence-corrected chi connectivity index (χ4v) is 1.69. The Hall–Kier alpha value is -0.716. The third-order valence-electron chi connectivity index (χ3n) is 2.61. The van der Waals surface area contributed by atoms with Crippen molar-refractivity contribution in [2.75, 3.05) is 0 Å². The fourth-order valence-electron chi connectivity index (χ4n) is 1.50. The smallest absolute Gasteiger partial charge is 0.185 e. The maximum atomic E-state index is 11.9. The molecule has 0 saturated heterocycles. The van der Waals surface area contributed by atoms with Crippen molar-refractivity contribution in [1.29, 1.82) is 0 Å². The quantitative estimate of drug-likeness (QED) is 0.588. The van der Waals surface area contributed by atoms with Gasteiger partial charge in [0.05, 0.1) is 12.2 Å². The van der Waals surface area contributed by atoms with E-state index in [1.165, 1.54) is 0 Å². The normalized spacial score (nSPS) is 9.89. The van der Waals surface area contributed by atoms with Gasteiger partial charge in [0.25, 0.3) is 0 Å². The van der Waals surface area contributed by atoms with Crippen LogP contribution in [0.5, 0.6) is 0 Å². The maximum absolute atomic E-state index is 11.9. The van der Waals surface area contributed by atoms with Gasteiger partial charge < -0.3 is 19.9 Å². The van der Waals surface area contributed by atoms with E-state index in [9.17, 15) is 4.79 Å². The van der Waals surface area contributed by atoms with Gasteiger partial charge in [0.15, 0.2) is 10.7 Å². The topological polar surface area (TPSA) is 65.6 Å². The molecule has 3 N–H and O–H groups in total. The standard InChI is InChI=1S/C11H13N4OS.Y.H2/c1-7-3-4-9(15(7)2)10(16)12-5-8-6-13-11(17)14-8;;/h4,6H,5H2,1-2H3,(H,12,16)(H2,13,14,17);;1H/q-1;;. The molecule has 18 heavy (non-hydrogen) atoms.